The fraction of sp³-hybridized carbons (Fsp3) is 0.476. The Labute approximate surface area is 149 Å². The highest BCUT2D eigenvalue weighted by molar-refractivity contribution is 5.33. The first-order chi connectivity index (χ1) is 12.2. The molecule has 1 saturated carbocycles. The number of rotatable bonds is 6. The number of aryl methyl sites for hydroxylation is 1. The van der Waals surface area contributed by atoms with Gasteiger partial charge in [0.05, 0.1) is 7.11 Å². The molecular formula is C21H26N2O2. The zero-order chi connectivity index (χ0) is 17.2. The molecule has 132 valence electrons. The molecule has 1 aromatic carbocycles. The maximum atomic E-state index is 6.15. The van der Waals surface area contributed by atoms with Crippen LogP contribution in [0.25, 0.3) is 0 Å². The normalized spacial score (nSPS) is 25.3. The van der Waals surface area contributed by atoms with Crippen LogP contribution in [0.2, 0.25) is 0 Å². The van der Waals surface area contributed by atoms with Gasteiger partial charge in [0.1, 0.15) is 18.1 Å². The second-order valence-corrected chi connectivity index (χ2v) is 7.26. The molecule has 2 heterocycles. The Hall–Kier alpha value is -2.07. The zero-order valence-corrected chi connectivity index (χ0v) is 15.0. The number of methoxy groups -OCH3 is 1. The summed E-state index contributed by atoms with van der Waals surface area (Å²) in [6.45, 7) is 3.90. The lowest BCUT2D eigenvalue weighted by Crippen LogP contribution is -2.43. The molecule has 4 rings (SSSR count). The summed E-state index contributed by atoms with van der Waals surface area (Å²) in [6.07, 6.45) is 7.84. The van der Waals surface area contributed by atoms with Crippen molar-refractivity contribution in [1.29, 1.82) is 0 Å². The summed E-state index contributed by atoms with van der Waals surface area (Å²) >= 11 is 0. The van der Waals surface area contributed by atoms with Crippen LogP contribution in [0.4, 0.5) is 0 Å². The summed E-state index contributed by atoms with van der Waals surface area (Å²) in [5.41, 5.74) is 2.66. The van der Waals surface area contributed by atoms with Crippen molar-refractivity contribution in [1.82, 2.24) is 9.88 Å². The number of fused-ring (bicyclic) bond motifs is 2. The molecule has 0 N–H and O–H groups in total. The van der Waals surface area contributed by atoms with Gasteiger partial charge < -0.3 is 9.47 Å². The van der Waals surface area contributed by atoms with E-state index in [4.69, 9.17) is 9.47 Å². The van der Waals surface area contributed by atoms with Crippen molar-refractivity contribution in [2.75, 3.05) is 13.7 Å². The third-order valence-electron chi connectivity index (χ3n) is 5.84. The van der Waals surface area contributed by atoms with Crippen molar-refractivity contribution >= 4 is 0 Å². The largest absolute Gasteiger partial charge is 0.497 e. The second kappa shape index (κ2) is 7.04. The van der Waals surface area contributed by atoms with Gasteiger partial charge in [0, 0.05) is 37.1 Å². The maximum Gasteiger partial charge on any atom is 0.123 e. The van der Waals surface area contributed by atoms with E-state index in [9.17, 15) is 0 Å². The van der Waals surface area contributed by atoms with Crippen LogP contribution in [0.15, 0.2) is 42.7 Å². The number of pyridine rings is 1. The quantitative estimate of drug-likeness (QED) is 0.802. The third kappa shape index (κ3) is 3.36. The molecule has 1 aromatic heterocycles. The molecular weight excluding hydrogens is 312 g/mol. The van der Waals surface area contributed by atoms with Gasteiger partial charge in [-0.15, -0.1) is 0 Å². The van der Waals surface area contributed by atoms with Crippen LogP contribution in [0.1, 0.15) is 30.4 Å². The smallest absolute Gasteiger partial charge is 0.123 e. The number of piperidine rings is 1. The van der Waals surface area contributed by atoms with E-state index in [-0.39, 0.29) is 0 Å². The van der Waals surface area contributed by atoms with E-state index in [2.05, 4.69) is 22.9 Å². The highest BCUT2D eigenvalue weighted by atomic mass is 16.5. The Morgan fingerprint density at radius 1 is 1.20 bits per heavy atom. The summed E-state index contributed by atoms with van der Waals surface area (Å²) in [4.78, 5) is 6.89. The molecule has 2 aliphatic rings. The van der Waals surface area contributed by atoms with Crippen molar-refractivity contribution < 1.29 is 9.47 Å². The van der Waals surface area contributed by atoms with E-state index in [1.165, 1.54) is 30.4 Å². The Morgan fingerprint density at radius 2 is 2.08 bits per heavy atom. The van der Waals surface area contributed by atoms with E-state index in [0.717, 1.165) is 30.6 Å². The van der Waals surface area contributed by atoms with Crippen molar-refractivity contribution in [3.8, 4) is 11.5 Å². The molecule has 1 aliphatic carbocycles. The minimum absolute atomic E-state index is 0.498. The van der Waals surface area contributed by atoms with Gasteiger partial charge in [-0.05, 0) is 61.4 Å². The first-order valence-electron chi connectivity index (χ1n) is 9.16. The van der Waals surface area contributed by atoms with Crippen LogP contribution in [0, 0.1) is 12.8 Å². The van der Waals surface area contributed by atoms with Crippen LogP contribution < -0.4 is 9.47 Å². The summed E-state index contributed by atoms with van der Waals surface area (Å²) in [6, 6.07) is 11.3. The zero-order valence-electron chi connectivity index (χ0n) is 15.0. The van der Waals surface area contributed by atoms with Gasteiger partial charge in [-0.2, -0.15) is 0 Å². The summed E-state index contributed by atoms with van der Waals surface area (Å²) in [7, 11) is 1.69. The van der Waals surface area contributed by atoms with Crippen molar-refractivity contribution in [2.45, 2.75) is 44.8 Å². The number of aromatic nitrogens is 1. The monoisotopic (exact) mass is 338 g/mol. The Bertz CT molecular complexity index is 733. The Balaban J connectivity index is 1.46. The lowest BCUT2D eigenvalue weighted by atomic mass is 9.98. The third-order valence-corrected chi connectivity index (χ3v) is 5.84. The molecule has 0 radical (unpaired) electrons. The molecule has 2 bridgehead atoms. The van der Waals surface area contributed by atoms with Crippen molar-refractivity contribution in [2.24, 2.45) is 5.92 Å². The highest BCUT2D eigenvalue weighted by Gasteiger charge is 2.45. The summed E-state index contributed by atoms with van der Waals surface area (Å²) in [5.74, 6) is 2.50. The van der Waals surface area contributed by atoms with Crippen LogP contribution in [0.3, 0.4) is 0 Å². The lowest BCUT2D eigenvalue weighted by molar-refractivity contribution is 0.0865. The molecule has 3 atom stereocenters. The van der Waals surface area contributed by atoms with Crippen LogP contribution in [0.5, 0.6) is 11.5 Å². The molecule has 1 aliphatic heterocycles. The lowest BCUT2D eigenvalue weighted by Gasteiger charge is -2.35. The molecule has 2 fully saturated rings. The standard InChI is InChI=1S/C21H26N2O2/c1-15-12-22-9-8-17(15)13-23-18-7-6-16(10-18)21(23)14-25-20-5-3-4-19(11-20)24-2/h3-5,8-9,11-12,16,18,21H,6-7,10,13-14H2,1-2H3/t16-,18+,21-/m0/s1. The fourth-order valence-electron chi connectivity index (χ4n) is 4.41. The summed E-state index contributed by atoms with van der Waals surface area (Å²) < 4.78 is 11.4. The minimum atomic E-state index is 0.498. The van der Waals surface area contributed by atoms with Crippen molar-refractivity contribution in [3.63, 3.8) is 0 Å². The fourth-order valence-corrected chi connectivity index (χ4v) is 4.41. The van der Waals surface area contributed by atoms with E-state index >= 15 is 0 Å². The number of benzene rings is 1. The van der Waals surface area contributed by atoms with Gasteiger partial charge in [0.2, 0.25) is 0 Å². The average molecular weight is 338 g/mol. The molecule has 0 amide bonds. The highest BCUT2D eigenvalue weighted by Crippen LogP contribution is 2.43. The average Bonchev–Trinajstić information content (AvgIpc) is 3.24. The van der Waals surface area contributed by atoms with Crippen LogP contribution in [-0.4, -0.2) is 35.7 Å². The number of ether oxygens (including phenoxy) is 2. The van der Waals surface area contributed by atoms with E-state index in [1.807, 2.05) is 36.7 Å². The van der Waals surface area contributed by atoms with Crippen LogP contribution >= 0.6 is 0 Å². The van der Waals surface area contributed by atoms with Gasteiger partial charge in [0.15, 0.2) is 0 Å². The molecule has 0 unspecified atom stereocenters. The van der Waals surface area contributed by atoms with Crippen LogP contribution in [-0.2, 0) is 6.54 Å². The number of hydrogen-bond acceptors (Lipinski definition) is 4. The topological polar surface area (TPSA) is 34.6 Å². The minimum Gasteiger partial charge on any atom is -0.497 e. The van der Waals surface area contributed by atoms with Gasteiger partial charge in [-0.3, -0.25) is 9.88 Å². The van der Waals surface area contributed by atoms with Gasteiger partial charge in [-0.25, -0.2) is 0 Å². The van der Waals surface area contributed by atoms with Gasteiger partial charge in [0.25, 0.3) is 0 Å². The second-order valence-electron chi connectivity index (χ2n) is 7.26. The number of hydrogen-bond donors (Lipinski definition) is 0. The van der Waals surface area contributed by atoms with Gasteiger partial charge >= 0.3 is 0 Å². The first-order valence-corrected chi connectivity index (χ1v) is 9.16. The SMILES string of the molecule is COc1cccc(OC[C@H]2[C@H]3CC[C@H](C3)N2Cc2ccncc2C)c1. The summed E-state index contributed by atoms with van der Waals surface area (Å²) in [5, 5.41) is 0. The molecule has 0 spiro atoms. The van der Waals surface area contributed by atoms with E-state index < -0.39 is 0 Å². The maximum absolute atomic E-state index is 6.15. The van der Waals surface area contributed by atoms with E-state index in [1.54, 1.807) is 7.11 Å². The Kier molecular flexibility index (Phi) is 4.62. The van der Waals surface area contributed by atoms with E-state index in [0.29, 0.717) is 12.1 Å². The van der Waals surface area contributed by atoms with Crippen molar-refractivity contribution in [3.05, 3.63) is 53.9 Å². The predicted octanol–water partition coefficient (Wildman–Crippen LogP) is 3.83. The number of likely N-dealkylation sites (tertiary alicyclic amines) is 1. The molecule has 1 saturated heterocycles. The molecule has 25 heavy (non-hydrogen) atoms. The predicted molar refractivity (Wildman–Crippen MR) is 97.9 cm³/mol. The first kappa shape index (κ1) is 16.4. The number of nitrogens with zero attached hydrogens (tertiary/aromatic N) is 2. The molecule has 4 heteroatoms. The Morgan fingerprint density at radius 3 is 2.92 bits per heavy atom. The molecule has 2 aromatic rings. The molecule has 4 nitrogen and oxygen atoms in total. The van der Waals surface area contributed by atoms with Gasteiger partial charge in [-0.1, -0.05) is 6.07 Å².